The fourth-order valence-corrected chi connectivity index (χ4v) is 2.53. The molecule has 1 atom stereocenters. The van der Waals surface area contributed by atoms with Crippen LogP contribution < -0.4 is 14.8 Å². The first-order valence-electron chi connectivity index (χ1n) is 8.32. The van der Waals surface area contributed by atoms with Gasteiger partial charge in [-0.1, -0.05) is 12.1 Å². The van der Waals surface area contributed by atoms with Crippen LogP contribution in [0.1, 0.15) is 12.5 Å². The molecule has 1 N–H and O–H groups in total. The lowest BCUT2D eigenvalue weighted by Crippen LogP contribution is -2.39. The number of nitro groups is 1. The van der Waals surface area contributed by atoms with Crippen LogP contribution in [0.15, 0.2) is 42.5 Å². The lowest BCUT2D eigenvalue weighted by molar-refractivity contribution is -0.384. The summed E-state index contributed by atoms with van der Waals surface area (Å²) in [6, 6.07) is 11.3. The quantitative estimate of drug-likeness (QED) is 0.564. The number of amides is 1. The van der Waals surface area contributed by atoms with Gasteiger partial charge in [0.05, 0.1) is 36.9 Å². The number of anilines is 1. The Bertz CT molecular complexity index is 825. The van der Waals surface area contributed by atoms with E-state index in [0.29, 0.717) is 12.2 Å². The van der Waals surface area contributed by atoms with Crippen LogP contribution in [-0.4, -0.2) is 43.0 Å². The van der Waals surface area contributed by atoms with Gasteiger partial charge in [-0.25, -0.2) is 0 Å². The van der Waals surface area contributed by atoms with E-state index in [1.165, 1.54) is 25.3 Å². The maximum atomic E-state index is 12.6. The van der Waals surface area contributed by atoms with Crippen molar-refractivity contribution in [2.24, 2.45) is 0 Å². The number of carbonyl (C=O) groups excluding carboxylic acids is 1. The van der Waals surface area contributed by atoms with E-state index < -0.39 is 11.0 Å². The number of methoxy groups -OCH3 is 2. The van der Waals surface area contributed by atoms with E-state index in [4.69, 9.17) is 9.47 Å². The van der Waals surface area contributed by atoms with Crippen molar-refractivity contribution >= 4 is 17.3 Å². The minimum absolute atomic E-state index is 0.104. The Kier molecular flexibility index (Phi) is 6.73. The fourth-order valence-electron chi connectivity index (χ4n) is 2.53. The van der Waals surface area contributed by atoms with Gasteiger partial charge in [0, 0.05) is 12.6 Å². The van der Waals surface area contributed by atoms with Gasteiger partial charge in [0.2, 0.25) is 5.91 Å². The van der Waals surface area contributed by atoms with Crippen LogP contribution in [0.4, 0.5) is 11.4 Å². The maximum Gasteiger partial charge on any atom is 0.273 e. The zero-order chi connectivity index (χ0) is 20.0. The molecule has 0 aromatic heterocycles. The van der Waals surface area contributed by atoms with E-state index in [0.717, 1.165) is 11.3 Å². The number of non-ortho nitro benzene ring substituents is 1. The predicted molar refractivity (Wildman–Crippen MR) is 102 cm³/mol. The number of nitrogens with zero attached hydrogens (tertiary/aromatic N) is 2. The molecule has 0 radical (unpaired) electrons. The van der Waals surface area contributed by atoms with E-state index in [1.807, 2.05) is 36.2 Å². The maximum absolute atomic E-state index is 12.6. The molecule has 2 aromatic carbocycles. The van der Waals surface area contributed by atoms with Crippen molar-refractivity contribution in [3.8, 4) is 11.5 Å². The molecule has 0 spiro atoms. The summed E-state index contributed by atoms with van der Waals surface area (Å²) in [6.45, 7) is 2.34. The van der Waals surface area contributed by atoms with Gasteiger partial charge in [0.25, 0.3) is 5.69 Å². The zero-order valence-corrected chi connectivity index (χ0v) is 15.8. The molecule has 144 valence electrons. The van der Waals surface area contributed by atoms with Crippen LogP contribution in [-0.2, 0) is 11.3 Å². The third kappa shape index (κ3) is 5.18. The van der Waals surface area contributed by atoms with Crippen LogP contribution in [0, 0.1) is 10.1 Å². The Hall–Kier alpha value is -3.13. The topological polar surface area (TPSA) is 93.9 Å². The molecule has 0 aliphatic rings. The summed E-state index contributed by atoms with van der Waals surface area (Å²) < 4.78 is 10.4. The number of nitrogens with one attached hydrogen (secondary N) is 1. The van der Waals surface area contributed by atoms with Gasteiger partial charge in [-0.05, 0) is 37.7 Å². The van der Waals surface area contributed by atoms with Crippen molar-refractivity contribution in [3.63, 3.8) is 0 Å². The number of hydrogen-bond acceptors (Lipinski definition) is 6. The standard InChI is InChI=1S/C19H23N3O5/c1-13(21(2)12-14-6-5-7-16(10-14)26-3)19(23)20-17-9-8-15(22(24)25)11-18(17)27-4/h5-11,13H,12H2,1-4H3,(H,20,23)/t13-/m1/s1. The van der Waals surface area contributed by atoms with Crippen LogP contribution in [0.5, 0.6) is 11.5 Å². The minimum atomic E-state index is -0.515. The summed E-state index contributed by atoms with van der Waals surface area (Å²) in [5, 5.41) is 13.6. The van der Waals surface area contributed by atoms with Crippen molar-refractivity contribution in [2.75, 3.05) is 26.6 Å². The predicted octanol–water partition coefficient (Wildman–Crippen LogP) is 3.07. The first kappa shape index (κ1) is 20.2. The van der Waals surface area contributed by atoms with Crippen molar-refractivity contribution in [2.45, 2.75) is 19.5 Å². The zero-order valence-electron chi connectivity index (χ0n) is 15.8. The molecule has 2 aromatic rings. The highest BCUT2D eigenvalue weighted by Crippen LogP contribution is 2.29. The highest BCUT2D eigenvalue weighted by atomic mass is 16.6. The Morgan fingerprint density at radius 3 is 2.59 bits per heavy atom. The molecular formula is C19H23N3O5. The number of nitro benzene ring substituents is 1. The highest BCUT2D eigenvalue weighted by molar-refractivity contribution is 5.96. The smallest absolute Gasteiger partial charge is 0.273 e. The monoisotopic (exact) mass is 373 g/mol. The summed E-state index contributed by atoms with van der Waals surface area (Å²) in [7, 11) is 4.85. The minimum Gasteiger partial charge on any atom is -0.497 e. The molecule has 0 saturated heterocycles. The summed E-state index contributed by atoms with van der Waals surface area (Å²) in [6.07, 6.45) is 0. The summed E-state index contributed by atoms with van der Waals surface area (Å²) in [5.74, 6) is 0.751. The number of ether oxygens (including phenoxy) is 2. The number of hydrogen-bond donors (Lipinski definition) is 1. The van der Waals surface area contributed by atoms with E-state index in [9.17, 15) is 14.9 Å². The third-order valence-corrected chi connectivity index (χ3v) is 4.26. The Balaban J connectivity index is 2.07. The van der Waals surface area contributed by atoms with Crippen molar-refractivity contribution in [1.29, 1.82) is 0 Å². The van der Waals surface area contributed by atoms with Gasteiger partial charge in [-0.15, -0.1) is 0 Å². The average Bonchev–Trinajstić information content (AvgIpc) is 2.67. The van der Waals surface area contributed by atoms with Gasteiger partial charge >= 0.3 is 0 Å². The molecular weight excluding hydrogens is 350 g/mol. The van der Waals surface area contributed by atoms with Crippen LogP contribution >= 0.6 is 0 Å². The molecule has 2 rings (SSSR count). The molecule has 0 unspecified atom stereocenters. The van der Waals surface area contributed by atoms with Crippen LogP contribution in [0.25, 0.3) is 0 Å². The van der Waals surface area contributed by atoms with Crippen LogP contribution in [0.2, 0.25) is 0 Å². The second-order valence-corrected chi connectivity index (χ2v) is 6.07. The molecule has 0 saturated carbocycles. The van der Waals surface area contributed by atoms with Crippen molar-refractivity contribution in [1.82, 2.24) is 4.90 Å². The van der Waals surface area contributed by atoms with Gasteiger partial charge in [0.1, 0.15) is 11.5 Å². The lowest BCUT2D eigenvalue weighted by Gasteiger charge is -2.24. The van der Waals surface area contributed by atoms with E-state index in [-0.39, 0.29) is 17.3 Å². The van der Waals surface area contributed by atoms with Gasteiger partial charge in [-0.2, -0.15) is 0 Å². The van der Waals surface area contributed by atoms with E-state index >= 15 is 0 Å². The van der Waals surface area contributed by atoms with Crippen molar-refractivity contribution < 1.29 is 19.2 Å². The Morgan fingerprint density at radius 1 is 1.22 bits per heavy atom. The first-order valence-corrected chi connectivity index (χ1v) is 8.32. The van der Waals surface area contributed by atoms with E-state index in [2.05, 4.69) is 5.32 Å². The van der Waals surface area contributed by atoms with E-state index in [1.54, 1.807) is 14.0 Å². The number of benzene rings is 2. The fraction of sp³-hybridized carbons (Fsp3) is 0.316. The Morgan fingerprint density at radius 2 is 1.96 bits per heavy atom. The average molecular weight is 373 g/mol. The molecule has 0 aliphatic heterocycles. The van der Waals surface area contributed by atoms with Gasteiger partial charge < -0.3 is 14.8 Å². The lowest BCUT2D eigenvalue weighted by atomic mass is 10.1. The molecule has 0 bridgehead atoms. The number of rotatable bonds is 8. The molecule has 27 heavy (non-hydrogen) atoms. The molecule has 0 fully saturated rings. The van der Waals surface area contributed by atoms with Gasteiger partial charge in [-0.3, -0.25) is 19.8 Å². The number of likely N-dealkylation sites (N-methyl/N-ethyl adjacent to an activating group) is 1. The summed E-state index contributed by atoms with van der Waals surface area (Å²) in [5.41, 5.74) is 1.30. The third-order valence-electron chi connectivity index (χ3n) is 4.26. The number of carbonyl (C=O) groups is 1. The Labute approximate surface area is 157 Å². The summed E-state index contributed by atoms with van der Waals surface area (Å²) in [4.78, 5) is 24.8. The van der Waals surface area contributed by atoms with Crippen molar-refractivity contribution in [3.05, 3.63) is 58.1 Å². The second kappa shape index (κ2) is 9.00. The molecule has 0 heterocycles. The normalized spacial score (nSPS) is 11.7. The first-order chi connectivity index (χ1) is 12.8. The largest absolute Gasteiger partial charge is 0.497 e. The molecule has 0 aliphatic carbocycles. The second-order valence-electron chi connectivity index (χ2n) is 6.07. The molecule has 1 amide bonds. The SMILES string of the molecule is COc1cccc(CN(C)[C@H](C)C(=O)Nc2ccc([N+](=O)[O-])cc2OC)c1. The van der Waals surface area contributed by atoms with Crippen LogP contribution in [0.3, 0.4) is 0 Å². The van der Waals surface area contributed by atoms with Gasteiger partial charge in [0.15, 0.2) is 0 Å². The summed E-state index contributed by atoms with van der Waals surface area (Å²) >= 11 is 0. The molecule has 8 heteroatoms. The molecule has 8 nitrogen and oxygen atoms in total. The highest BCUT2D eigenvalue weighted by Gasteiger charge is 2.20.